The van der Waals surface area contributed by atoms with Gasteiger partial charge in [-0.1, -0.05) is 34.1 Å². The number of carboxylic acids is 1. The quantitative estimate of drug-likeness (QED) is 0.394. The summed E-state index contributed by atoms with van der Waals surface area (Å²) in [5, 5.41) is 14.5. The molecule has 1 rings (SSSR count). The monoisotopic (exact) mass is 367 g/mol. The summed E-state index contributed by atoms with van der Waals surface area (Å²) in [6.45, 7) is 7.32. The molecule has 0 aliphatic carbocycles. The number of amides is 2. The third-order valence-corrected chi connectivity index (χ3v) is 4.39. The van der Waals surface area contributed by atoms with E-state index < -0.39 is 35.9 Å². The maximum Gasteiger partial charge on any atom is 0.326 e. The van der Waals surface area contributed by atoms with Gasteiger partial charge in [-0.2, -0.15) is 0 Å². The number of aliphatic carboxylic acids is 1. The van der Waals surface area contributed by atoms with E-state index in [0.717, 1.165) is 6.42 Å². The smallest absolute Gasteiger partial charge is 0.326 e. The molecule has 0 radical (unpaired) electrons. The fourth-order valence-electron chi connectivity index (χ4n) is 2.37. The fourth-order valence-corrected chi connectivity index (χ4v) is 2.37. The summed E-state index contributed by atoms with van der Waals surface area (Å²) in [6, 6.07) is -2.75. The third-order valence-electron chi connectivity index (χ3n) is 4.39. The van der Waals surface area contributed by atoms with Crippen LogP contribution in [-0.2, 0) is 20.8 Å². The molecule has 0 spiro atoms. The van der Waals surface area contributed by atoms with E-state index in [1.807, 2.05) is 13.8 Å². The number of imidazole rings is 1. The number of aromatic nitrogens is 2. The number of H-pyrrole nitrogens is 1. The fraction of sp³-hybridized carbons (Fsp3) is 0.647. The van der Waals surface area contributed by atoms with Crippen molar-refractivity contribution in [1.82, 2.24) is 20.6 Å². The maximum absolute atomic E-state index is 12.6. The lowest BCUT2D eigenvalue weighted by atomic mass is 9.97. The van der Waals surface area contributed by atoms with Crippen LogP contribution >= 0.6 is 0 Å². The molecule has 9 heteroatoms. The van der Waals surface area contributed by atoms with Crippen LogP contribution in [0.25, 0.3) is 0 Å². The molecule has 146 valence electrons. The highest BCUT2D eigenvalue weighted by Crippen LogP contribution is 2.09. The first-order valence-corrected chi connectivity index (χ1v) is 8.74. The number of carbonyl (C=O) groups is 3. The molecule has 1 aromatic rings. The van der Waals surface area contributed by atoms with Crippen molar-refractivity contribution >= 4 is 17.8 Å². The summed E-state index contributed by atoms with van der Waals surface area (Å²) < 4.78 is 0. The first-order chi connectivity index (χ1) is 12.2. The molecule has 0 bridgehead atoms. The average Bonchev–Trinajstić information content (AvgIpc) is 3.09. The molecule has 1 heterocycles. The van der Waals surface area contributed by atoms with Gasteiger partial charge in [0.2, 0.25) is 11.8 Å². The number of aromatic amines is 1. The Morgan fingerprint density at radius 2 is 1.88 bits per heavy atom. The molecule has 0 aliphatic rings. The summed E-state index contributed by atoms with van der Waals surface area (Å²) in [4.78, 5) is 43.0. The van der Waals surface area contributed by atoms with Crippen molar-refractivity contribution < 1.29 is 19.5 Å². The highest BCUT2D eigenvalue weighted by atomic mass is 16.4. The van der Waals surface area contributed by atoms with E-state index in [1.54, 1.807) is 20.0 Å². The number of hydrogen-bond acceptors (Lipinski definition) is 5. The van der Waals surface area contributed by atoms with E-state index in [9.17, 15) is 19.5 Å². The van der Waals surface area contributed by atoms with Crippen LogP contribution in [0, 0.1) is 11.8 Å². The second-order valence-electron chi connectivity index (χ2n) is 6.81. The van der Waals surface area contributed by atoms with Gasteiger partial charge in [0, 0.05) is 12.6 Å². The van der Waals surface area contributed by atoms with Crippen molar-refractivity contribution in [3.8, 4) is 0 Å². The summed E-state index contributed by atoms with van der Waals surface area (Å²) >= 11 is 0. The van der Waals surface area contributed by atoms with E-state index in [-0.39, 0.29) is 18.3 Å². The molecule has 2 amide bonds. The normalized spacial score (nSPS) is 15.8. The van der Waals surface area contributed by atoms with Gasteiger partial charge in [0.15, 0.2) is 0 Å². The summed E-state index contributed by atoms with van der Waals surface area (Å²) in [5.74, 6) is -2.42. The van der Waals surface area contributed by atoms with Gasteiger partial charge in [-0.3, -0.25) is 9.59 Å². The van der Waals surface area contributed by atoms with E-state index in [4.69, 9.17) is 5.73 Å². The molecule has 0 aromatic carbocycles. The van der Waals surface area contributed by atoms with Crippen molar-refractivity contribution in [2.75, 3.05) is 0 Å². The van der Waals surface area contributed by atoms with Crippen LogP contribution in [0.4, 0.5) is 0 Å². The van der Waals surface area contributed by atoms with Gasteiger partial charge < -0.3 is 26.5 Å². The summed E-state index contributed by atoms with van der Waals surface area (Å²) in [5.41, 5.74) is 6.43. The first kappa shape index (κ1) is 21.6. The van der Waals surface area contributed by atoms with Gasteiger partial charge in [0.25, 0.3) is 0 Å². The van der Waals surface area contributed by atoms with Gasteiger partial charge in [0.05, 0.1) is 18.1 Å². The van der Waals surface area contributed by atoms with Crippen molar-refractivity contribution in [1.29, 1.82) is 0 Å². The SMILES string of the molecule is CCC(C)C(N)C(=O)NC(C(=O)NC(Cc1c[nH]cn1)C(=O)O)C(C)C. The Labute approximate surface area is 153 Å². The minimum atomic E-state index is -1.17. The van der Waals surface area contributed by atoms with Gasteiger partial charge in [-0.15, -0.1) is 0 Å². The molecule has 0 saturated heterocycles. The molecule has 0 aliphatic heterocycles. The highest BCUT2D eigenvalue weighted by molar-refractivity contribution is 5.92. The number of hydrogen-bond donors (Lipinski definition) is 5. The Morgan fingerprint density at radius 1 is 1.23 bits per heavy atom. The second-order valence-corrected chi connectivity index (χ2v) is 6.81. The number of nitrogens with one attached hydrogen (secondary N) is 3. The van der Waals surface area contributed by atoms with Gasteiger partial charge in [-0.25, -0.2) is 9.78 Å². The van der Waals surface area contributed by atoms with Gasteiger partial charge >= 0.3 is 5.97 Å². The topological polar surface area (TPSA) is 150 Å². The lowest BCUT2D eigenvalue weighted by molar-refractivity contribution is -0.142. The lowest BCUT2D eigenvalue weighted by Gasteiger charge is -2.26. The molecular weight excluding hydrogens is 338 g/mol. The Kier molecular flexibility index (Phi) is 8.24. The molecule has 0 saturated carbocycles. The zero-order chi connectivity index (χ0) is 19.9. The molecule has 0 fully saturated rings. The Hall–Kier alpha value is -2.42. The Balaban J connectivity index is 2.79. The van der Waals surface area contributed by atoms with Crippen molar-refractivity contribution in [2.24, 2.45) is 17.6 Å². The molecule has 9 nitrogen and oxygen atoms in total. The van der Waals surface area contributed by atoms with Crippen molar-refractivity contribution in [2.45, 2.75) is 58.7 Å². The standard InChI is InChI=1S/C17H29N5O4/c1-5-10(4)13(18)15(23)22-14(9(2)3)16(24)21-12(17(25)26)6-11-7-19-8-20-11/h7-10,12-14H,5-6,18H2,1-4H3,(H,19,20)(H,21,24)(H,22,23)(H,25,26). The van der Waals surface area contributed by atoms with Crippen LogP contribution in [0.5, 0.6) is 0 Å². The molecule has 26 heavy (non-hydrogen) atoms. The van der Waals surface area contributed by atoms with Crippen LogP contribution in [0.15, 0.2) is 12.5 Å². The number of rotatable bonds is 10. The van der Waals surface area contributed by atoms with E-state index in [0.29, 0.717) is 5.69 Å². The minimum absolute atomic E-state index is 0.0303. The van der Waals surface area contributed by atoms with E-state index in [1.165, 1.54) is 6.33 Å². The second kappa shape index (κ2) is 9.91. The van der Waals surface area contributed by atoms with Crippen LogP contribution in [-0.4, -0.2) is 51.0 Å². The van der Waals surface area contributed by atoms with E-state index in [2.05, 4.69) is 20.6 Å². The van der Waals surface area contributed by atoms with Crippen LogP contribution in [0.3, 0.4) is 0 Å². The molecule has 4 atom stereocenters. The van der Waals surface area contributed by atoms with Crippen LogP contribution < -0.4 is 16.4 Å². The maximum atomic E-state index is 12.6. The first-order valence-electron chi connectivity index (χ1n) is 8.74. The predicted octanol–water partition coefficient (Wildman–Crippen LogP) is 0.0358. The number of carboxylic acid groups (broad SMARTS) is 1. The zero-order valence-corrected chi connectivity index (χ0v) is 15.7. The van der Waals surface area contributed by atoms with E-state index >= 15 is 0 Å². The van der Waals surface area contributed by atoms with Crippen LogP contribution in [0.1, 0.15) is 39.8 Å². The van der Waals surface area contributed by atoms with Gasteiger partial charge in [-0.05, 0) is 11.8 Å². The van der Waals surface area contributed by atoms with Crippen LogP contribution in [0.2, 0.25) is 0 Å². The summed E-state index contributed by atoms with van der Waals surface area (Å²) in [7, 11) is 0. The lowest BCUT2D eigenvalue weighted by Crippen LogP contribution is -2.57. The third kappa shape index (κ3) is 6.14. The molecular formula is C17H29N5O4. The predicted molar refractivity (Wildman–Crippen MR) is 96.1 cm³/mol. The highest BCUT2D eigenvalue weighted by Gasteiger charge is 2.31. The average molecular weight is 367 g/mol. The summed E-state index contributed by atoms with van der Waals surface area (Å²) in [6.07, 6.45) is 3.77. The Morgan fingerprint density at radius 3 is 2.35 bits per heavy atom. The minimum Gasteiger partial charge on any atom is -0.480 e. The van der Waals surface area contributed by atoms with Gasteiger partial charge in [0.1, 0.15) is 12.1 Å². The number of nitrogens with zero attached hydrogens (tertiary/aromatic N) is 1. The largest absolute Gasteiger partial charge is 0.480 e. The van der Waals surface area contributed by atoms with Crippen molar-refractivity contribution in [3.05, 3.63) is 18.2 Å². The number of nitrogens with two attached hydrogens (primary N) is 1. The molecule has 1 aromatic heterocycles. The zero-order valence-electron chi connectivity index (χ0n) is 15.7. The van der Waals surface area contributed by atoms with Crippen molar-refractivity contribution in [3.63, 3.8) is 0 Å². The molecule has 6 N–H and O–H groups in total. The number of carbonyl (C=O) groups excluding carboxylic acids is 2. The Bertz CT molecular complexity index is 602. The molecule has 4 unspecified atom stereocenters.